The smallest absolute Gasteiger partial charge is 0.176 e. The molecule has 0 bridgehead atoms. The van der Waals surface area contributed by atoms with Gasteiger partial charge in [-0.2, -0.15) is 0 Å². The second-order valence-corrected chi connectivity index (χ2v) is 3.90. The van der Waals surface area contributed by atoms with Gasteiger partial charge in [-0.05, 0) is 12.1 Å². The monoisotopic (exact) mass is 190 g/mol. The normalized spacial score (nSPS) is 17.4. The van der Waals surface area contributed by atoms with Crippen molar-refractivity contribution in [2.45, 2.75) is 19.5 Å². The first-order valence-electron chi connectivity index (χ1n) is 4.83. The zero-order valence-electron chi connectivity index (χ0n) is 8.44. The first kappa shape index (κ1) is 9.34. The maximum Gasteiger partial charge on any atom is 0.176 e. The van der Waals surface area contributed by atoms with Crippen molar-refractivity contribution in [3.63, 3.8) is 0 Å². The summed E-state index contributed by atoms with van der Waals surface area (Å²) >= 11 is 0. The van der Waals surface area contributed by atoms with Crippen molar-refractivity contribution in [2.24, 2.45) is 15.9 Å². The summed E-state index contributed by atoms with van der Waals surface area (Å²) in [5, 5.41) is 11.1. The lowest BCUT2D eigenvalue weighted by atomic mass is 9.99. The Morgan fingerprint density at radius 3 is 2.07 bits per heavy atom. The molecule has 0 saturated heterocycles. The zero-order chi connectivity index (χ0) is 10.2. The van der Waals surface area contributed by atoms with Gasteiger partial charge in [0.25, 0.3) is 0 Å². The van der Waals surface area contributed by atoms with Crippen LogP contribution in [0.4, 0.5) is 0 Å². The van der Waals surface area contributed by atoms with E-state index in [0.29, 0.717) is 0 Å². The summed E-state index contributed by atoms with van der Waals surface area (Å²) in [4.78, 5) is 8.97. The van der Waals surface area contributed by atoms with Crippen LogP contribution in [0.15, 0.2) is 34.3 Å². The topological polar surface area (TPSA) is 45.0 Å². The first-order chi connectivity index (χ1) is 6.68. The maximum atomic E-state index is 9.37. The van der Waals surface area contributed by atoms with Gasteiger partial charge >= 0.3 is 0 Å². The summed E-state index contributed by atoms with van der Waals surface area (Å²) in [5.41, 5.74) is -0.649. The molecule has 1 aliphatic rings. The number of aliphatic hydroxyl groups excluding tert-OH is 1. The Hall–Kier alpha value is -1.22. The molecule has 0 amide bonds. The van der Waals surface area contributed by atoms with E-state index < -0.39 is 5.66 Å². The van der Waals surface area contributed by atoms with Crippen LogP contribution in [0.25, 0.3) is 0 Å². The van der Waals surface area contributed by atoms with Crippen LogP contribution in [0.2, 0.25) is 0 Å². The molecule has 0 unspecified atom stereocenters. The summed E-state index contributed by atoms with van der Waals surface area (Å²) in [6.45, 7) is 4.02. The molecule has 0 fully saturated rings. The molecule has 1 heterocycles. The zero-order valence-corrected chi connectivity index (χ0v) is 8.44. The van der Waals surface area contributed by atoms with Gasteiger partial charge in [0.15, 0.2) is 5.66 Å². The van der Waals surface area contributed by atoms with Crippen LogP contribution in [0.5, 0.6) is 0 Å². The lowest BCUT2D eigenvalue weighted by Crippen LogP contribution is -2.34. The molecular formula is C11H14N2O. The van der Waals surface area contributed by atoms with E-state index in [2.05, 4.69) is 9.98 Å². The quantitative estimate of drug-likeness (QED) is 0.715. The number of aliphatic hydroxyl groups is 1. The Morgan fingerprint density at radius 1 is 1.21 bits per heavy atom. The number of benzene rings is 1. The van der Waals surface area contributed by atoms with Gasteiger partial charge in [0.05, 0.1) is 17.3 Å². The van der Waals surface area contributed by atoms with Crippen molar-refractivity contribution in [3.05, 3.63) is 35.0 Å². The van der Waals surface area contributed by atoms with E-state index in [4.69, 9.17) is 0 Å². The molecule has 0 aliphatic carbocycles. The Bertz CT molecular complexity index is 416. The molecule has 3 heteroatoms. The van der Waals surface area contributed by atoms with Crippen molar-refractivity contribution < 1.29 is 5.11 Å². The Morgan fingerprint density at radius 2 is 1.71 bits per heavy atom. The number of nitrogens with zero attached hydrogens (tertiary/aromatic N) is 2. The summed E-state index contributed by atoms with van der Waals surface area (Å²) in [6.07, 6.45) is 0. The van der Waals surface area contributed by atoms with E-state index in [1.54, 1.807) is 0 Å². The number of hydrogen-bond acceptors (Lipinski definition) is 3. The molecule has 2 rings (SSSR count). The molecular weight excluding hydrogens is 176 g/mol. The predicted octanol–water partition coefficient (Wildman–Crippen LogP) is 0.284. The van der Waals surface area contributed by atoms with E-state index in [9.17, 15) is 5.11 Å². The van der Waals surface area contributed by atoms with Gasteiger partial charge in [-0.1, -0.05) is 26.0 Å². The standard InChI is InChI=1S/C11H14N2O/c1-8(2)11(7-14)12-9-5-3-4-6-10(9)13-11/h3-6,8,14H,7H2,1-2H3. The second kappa shape index (κ2) is 3.17. The number of para-hydroxylation sites is 2. The highest BCUT2D eigenvalue weighted by molar-refractivity contribution is 5.08. The van der Waals surface area contributed by atoms with Gasteiger partial charge in [0.1, 0.15) is 0 Å². The number of hydrogen-bond donors (Lipinski definition) is 1. The van der Waals surface area contributed by atoms with E-state index in [1.165, 1.54) is 0 Å². The van der Waals surface area contributed by atoms with E-state index in [1.807, 2.05) is 38.1 Å². The summed E-state index contributed by atoms with van der Waals surface area (Å²) in [6, 6.07) is 7.73. The number of rotatable bonds is 2. The second-order valence-electron chi connectivity index (χ2n) is 3.90. The predicted molar refractivity (Wildman–Crippen MR) is 53.4 cm³/mol. The molecule has 0 radical (unpaired) electrons. The van der Waals surface area contributed by atoms with Crippen LogP contribution < -0.4 is 10.7 Å². The minimum atomic E-state index is -0.649. The SMILES string of the molecule is CC(C)C1(CO)N=c2ccccc2=N1. The van der Waals surface area contributed by atoms with Gasteiger partial charge in [-0.25, -0.2) is 0 Å². The molecule has 0 aromatic heterocycles. The fourth-order valence-electron chi connectivity index (χ4n) is 1.61. The molecule has 74 valence electrons. The molecule has 0 atom stereocenters. The van der Waals surface area contributed by atoms with Gasteiger partial charge in [-0.15, -0.1) is 0 Å². The minimum absolute atomic E-state index is 0.0284. The largest absolute Gasteiger partial charge is 0.392 e. The number of fused-ring (bicyclic) bond motifs is 1. The molecule has 14 heavy (non-hydrogen) atoms. The third-order valence-electron chi connectivity index (χ3n) is 2.67. The first-order valence-corrected chi connectivity index (χ1v) is 4.83. The average Bonchev–Trinajstić information content (AvgIpc) is 2.57. The van der Waals surface area contributed by atoms with Gasteiger partial charge in [0, 0.05) is 5.92 Å². The lowest BCUT2D eigenvalue weighted by molar-refractivity contribution is 0.162. The minimum Gasteiger partial charge on any atom is -0.392 e. The van der Waals surface area contributed by atoms with Crippen LogP contribution >= 0.6 is 0 Å². The van der Waals surface area contributed by atoms with E-state index >= 15 is 0 Å². The van der Waals surface area contributed by atoms with Crippen LogP contribution in [-0.4, -0.2) is 17.4 Å². The molecule has 1 N–H and O–H groups in total. The van der Waals surface area contributed by atoms with Crippen molar-refractivity contribution in [3.8, 4) is 0 Å². The molecule has 1 aromatic carbocycles. The van der Waals surface area contributed by atoms with Gasteiger partial charge in [-0.3, -0.25) is 9.98 Å². The Balaban J connectivity index is 2.62. The molecule has 0 saturated carbocycles. The maximum absolute atomic E-state index is 9.37. The van der Waals surface area contributed by atoms with E-state index in [-0.39, 0.29) is 12.5 Å². The highest BCUT2D eigenvalue weighted by atomic mass is 16.3. The Kier molecular flexibility index (Phi) is 2.11. The summed E-state index contributed by atoms with van der Waals surface area (Å²) < 4.78 is 0. The van der Waals surface area contributed by atoms with Crippen molar-refractivity contribution in [1.82, 2.24) is 0 Å². The lowest BCUT2D eigenvalue weighted by Gasteiger charge is -2.24. The van der Waals surface area contributed by atoms with Gasteiger partial charge < -0.3 is 5.11 Å². The molecule has 0 spiro atoms. The molecule has 1 aliphatic heterocycles. The van der Waals surface area contributed by atoms with Crippen LogP contribution in [0.1, 0.15) is 13.8 Å². The third-order valence-corrected chi connectivity index (χ3v) is 2.67. The fourth-order valence-corrected chi connectivity index (χ4v) is 1.61. The summed E-state index contributed by atoms with van der Waals surface area (Å²) in [5.74, 6) is 0.208. The van der Waals surface area contributed by atoms with Crippen LogP contribution in [-0.2, 0) is 0 Å². The van der Waals surface area contributed by atoms with E-state index in [0.717, 1.165) is 10.7 Å². The van der Waals surface area contributed by atoms with Crippen molar-refractivity contribution in [1.29, 1.82) is 0 Å². The molecule has 1 aromatic rings. The average molecular weight is 190 g/mol. The highest BCUT2D eigenvalue weighted by Crippen LogP contribution is 2.23. The molecule has 3 nitrogen and oxygen atoms in total. The van der Waals surface area contributed by atoms with Crippen LogP contribution in [0, 0.1) is 5.92 Å². The van der Waals surface area contributed by atoms with Crippen molar-refractivity contribution >= 4 is 0 Å². The third kappa shape index (κ3) is 1.24. The fraction of sp³-hybridized carbons (Fsp3) is 0.455. The summed E-state index contributed by atoms with van der Waals surface area (Å²) in [7, 11) is 0. The van der Waals surface area contributed by atoms with Gasteiger partial charge in [0.2, 0.25) is 0 Å². The van der Waals surface area contributed by atoms with Crippen molar-refractivity contribution in [2.75, 3.05) is 6.61 Å². The Labute approximate surface area is 82.8 Å². The van der Waals surface area contributed by atoms with Crippen LogP contribution in [0.3, 0.4) is 0 Å². The highest BCUT2D eigenvalue weighted by Gasteiger charge is 2.33.